The van der Waals surface area contributed by atoms with Gasteiger partial charge < -0.3 is 10.6 Å². The summed E-state index contributed by atoms with van der Waals surface area (Å²) in [4.78, 5) is 11.7. The highest BCUT2D eigenvalue weighted by Gasteiger charge is 2.13. The number of thioether (sulfide) groups is 1. The predicted molar refractivity (Wildman–Crippen MR) is 80.5 cm³/mol. The molecule has 0 bridgehead atoms. The Bertz CT molecular complexity index is 405. The van der Waals surface area contributed by atoms with Crippen LogP contribution in [0.4, 0.5) is 4.79 Å². The van der Waals surface area contributed by atoms with Crippen LogP contribution in [0.3, 0.4) is 0 Å². The Balaban J connectivity index is 2.30. The van der Waals surface area contributed by atoms with Crippen LogP contribution < -0.4 is 10.6 Å². The van der Waals surface area contributed by atoms with Gasteiger partial charge in [0, 0.05) is 24.8 Å². The van der Waals surface area contributed by atoms with Crippen molar-refractivity contribution in [3.63, 3.8) is 0 Å². The van der Waals surface area contributed by atoms with Gasteiger partial charge in [-0.25, -0.2) is 4.79 Å². The fourth-order valence-electron chi connectivity index (χ4n) is 1.79. The molecule has 0 aromatic carbocycles. The van der Waals surface area contributed by atoms with Crippen molar-refractivity contribution in [2.24, 2.45) is 7.05 Å². The summed E-state index contributed by atoms with van der Waals surface area (Å²) in [6.07, 6.45) is 2.81. The van der Waals surface area contributed by atoms with Crippen LogP contribution in [0.2, 0.25) is 0 Å². The van der Waals surface area contributed by atoms with Crippen LogP contribution in [0, 0.1) is 6.92 Å². The third kappa shape index (κ3) is 5.14. The average Bonchev–Trinajstić information content (AvgIpc) is 2.70. The van der Waals surface area contributed by atoms with Crippen molar-refractivity contribution < 1.29 is 4.79 Å². The van der Waals surface area contributed by atoms with Crippen molar-refractivity contribution >= 4 is 17.8 Å². The number of hydrogen-bond donors (Lipinski definition) is 2. The quantitative estimate of drug-likeness (QED) is 0.755. The number of aromatic nitrogens is 2. The number of hydrogen-bond acceptors (Lipinski definition) is 3. The zero-order chi connectivity index (χ0) is 14.3. The summed E-state index contributed by atoms with van der Waals surface area (Å²) in [7, 11) is 1.90. The van der Waals surface area contributed by atoms with Crippen LogP contribution in [-0.2, 0) is 7.05 Å². The number of carbonyl (C=O) groups excluding carboxylic acids is 1. The number of aryl methyl sites for hydroxylation is 1. The third-order valence-electron chi connectivity index (χ3n) is 3.04. The van der Waals surface area contributed by atoms with Crippen molar-refractivity contribution in [3.8, 4) is 0 Å². The Kier molecular flexibility index (Phi) is 6.77. The van der Waals surface area contributed by atoms with Gasteiger partial charge in [-0.1, -0.05) is 6.92 Å². The molecule has 0 aliphatic carbocycles. The van der Waals surface area contributed by atoms with Crippen LogP contribution in [-0.4, -0.2) is 33.9 Å². The molecule has 1 unspecified atom stereocenters. The first kappa shape index (κ1) is 15.9. The van der Waals surface area contributed by atoms with Crippen molar-refractivity contribution in [3.05, 3.63) is 17.5 Å². The fraction of sp³-hybridized carbons (Fsp3) is 0.692. The van der Waals surface area contributed by atoms with E-state index in [0.717, 1.165) is 35.7 Å². The van der Waals surface area contributed by atoms with E-state index < -0.39 is 0 Å². The van der Waals surface area contributed by atoms with E-state index in [4.69, 9.17) is 0 Å². The number of rotatable bonds is 7. The van der Waals surface area contributed by atoms with Crippen LogP contribution in [0.1, 0.15) is 37.6 Å². The summed E-state index contributed by atoms with van der Waals surface area (Å²) in [5.74, 6) is 2.22. The first-order chi connectivity index (χ1) is 9.06. The van der Waals surface area contributed by atoms with E-state index >= 15 is 0 Å². The maximum atomic E-state index is 11.7. The van der Waals surface area contributed by atoms with Crippen molar-refractivity contribution in [1.29, 1.82) is 0 Å². The molecule has 0 aliphatic rings. The van der Waals surface area contributed by atoms with E-state index in [2.05, 4.69) is 22.7 Å². The molecule has 1 heterocycles. The largest absolute Gasteiger partial charge is 0.338 e. The number of nitrogens with one attached hydrogen (secondary N) is 2. The molecular formula is C13H24N4OS. The predicted octanol–water partition coefficient (Wildman–Crippen LogP) is 2.23. The van der Waals surface area contributed by atoms with E-state index in [-0.39, 0.29) is 12.1 Å². The Morgan fingerprint density at radius 2 is 2.32 bits per heavy atom. The number of amides is 2. The van der Waals surface area contributed by atoms with Gasteiger partial charge in [-0.3, -0.25) is 4.68 Å². The maximum absolute atomic E-state index is 11.7. The van der Waals surface area contributed by atoms with Gasteiger partial charge in [-0.15, -0.1) is 0 Å². The van der Waals surface area contributed by atoms with E-state index in [9.17, 15) is 4.79 Å². The number of carbonyl (C=O) groups is 1. The van der Waals surface area contributed by atoms with Crippen LogP contribution in [0.5, 0.6) is 0 Å². The summed E-state index contributed by atoms with van der Waals surface area (Å²) in [5.41, 5.74) is 2.13. The molecule has 6 heteroatoms. The summed E-state index contributed by atoms with van der Waals surface area (Å²) < 4.78 is 1.81. The Morgan fingerprint density at radius 1 is 1.58 bits per heavy atom. The molecule has 1 atom stereocenters. The van der Waals surface area contributed by atoms with E-state index in [0.29, 0.717) is 0 Å². The lowest BCUT2D eigenvalue weighted by Crippen LogP contribution is -2.37. The highest BCUT2D eigenvalue weighted by Crippen LogP contribution is 2.15. The number of urea groups is 1. The fourth-order valence-corrected chi connectivity index (χ4v) is 2.42. The van der Waals surface area contributed by atoms with E-state index in [1.807, 2.05) is 37.3 Å². The molecule has 19 heavy (non-hydrogen) atoms. The summed E-state index contributed by atoms with van der Waals surface area (Å²) in [6, 6.07) is -0.143. The first-order valence-electron chi connectivity index (χ1n) is 6.66. The Morgan fingerprint density at radius 3 is 2.89 bits per heavy atom. The summed E-state index contributed by atoms with van der Waals surface area (Å²) in [6.45, 7) is 6.83. The molecular weight excluding hydrogens is 260 g/mol. The first-order valence-corrected chi connectivity index (χ1v) is 7.82. The third-order valence-corrected chi connectivity index (χ3v) is 4.03. The molecule has 5 nitrogen and oxygen atoms in total. The zero-order valence-corrected chi connectivity index (χ0v) is 13.0. The van der Waals surface area contributed by atoms with E-state index in [1.54, 1.807) is 6.20 Å². The Labute approximate surface area is 119 Å². The maximum Gasteiger partial charge on any atom is 0.315 e. The normalized spacial score (nSPS) is 12.2. The zero-order valence-electron chi connectivity index (χ0n) is 12.2. The molecule has 0 saturated heterocycles. The molecule has 2 amide bonds. The molecule has 0 saturated carbocycles. The average molecular weight is 284 g/mol. The monoisotopic (exact) mass is 284 g/mol. The van der Waals surface area contributed by atoms with Gasteiger partial charge >= 0.3 is 6.03 Å². The van der Waals surface area contributed by atoms with Gasteiger partial charge in [0.05, 0.1) is 12.2 Å². The van der Waals surface area contributed by atoms with Crippen molar-refractivity contribution in [2.45, 2.75) is 33.2 Å². The van der Waals surface area contributed by atoms with Crippen LogP contribution >= 0.6 is 11.8 Å². The summed E-state index contributed by atoms with van der Waals surface area (Å²) in [5, 5.41) is 9.99. The van der Waals surface area contributed by atoms with Gasteiger partial charge in [0.2, 0.25) is 0 Å². The topological polar surface area (TPSA) is 59.0 Å². The molecule has 0 aliphatic heterocycles. The molecule has 0 radical (unpaired) electrons. The minimum Gasteiger partial charge on any atom is -0.338 e. The standard InChI is InChI=1S/C13H24N4OS/c1-5-19-8-6-7-14-13(18)16-10(2)12-9-15-17(4)11(12)3/h9-10H,5-8H2,1-4H3,(H2,14,16,18). The van der Waals surface area contributed by atoms with Crippen LogP contribution in [0.15, 0.2) is 6.20 Å². The molecule has 108 valence electrons. The lowest BCUT2D eigenvalue weighted by atomic mass is 10.1. The van der Waals surface area contributed by atoms with Crippen molar-refractivity contribution in [1.82, 2.24) is 20.4 Å². The second-order valence-corrected chi connectivity index (χ2v) is 5.88. The van der Waals surface area contributed by atoms with Crippen molar-refractivity contribution in [2.75, 3.05) is 18.1 Å². The second-order valence-electron chi connectivity index (χ2n) is 4.48. The minimum atomic E-state index is -0.114. The number of nitrogens with zero attached hydrogens (tertiary/aromatic N) is 2. The Hall–Kier alpha value is -1.17. The highest BCUT2D eigenvalue weighted by molar-refractivity contribution is 7.99. The smallest absolute Gasteiger partial charge is 0.315 e. The molecule has 1 rings (SSSR count). The molecule has 2 N–H and O–H groups in total. The lowest BCUT2D eigenvalue weighted by molar-refractivity contribution is 0.238. The van der Waals surface area contributed by atoms with Gasteiger partial charge in [-0.2, -0.15) is 16.9 Å². The summed E-state index contributed by atoms with van der Waals surface area (Å²) >= 11 is 1.89. The highest BCUT2D eigenvalue weighted by atomic mass is 32.2. The molecule has 0 spiro atoms. The van der Waals surface area contributed by atoms with E-state index in [1.165, 1.54) is 0 Å². The lowest BCUT2D eigenvalue weighted by Gasteiger charge is -2.14. The minimum absolute atomic E-state index is 0.0290. The SMILES string of the molecule is CCSCCCNC(=O)NC(C)c1cnn(C)c1C. The molecule has 1 aromatic rings. The van der Waals surface area contributed by atoms with Gasteiger partial charge in [0.25, 0.3) is 0 Å². The van der Waals surface area contributed by atoms with Gasteiger partial charge in [0.1, 0.15) is 0 Å². The second kappa shape index (κ2) is 8.09. The van der Waals surface area contributed by atoms with Gasteiger partial charge in [0.15, 0.2) is 0 Å². The van der Waals surface area contributed by atoms with Gasteiger partial charge in [-0.05, 0) is 31.8 Å². The van der Waals surface area contributed by atoms with Crippen LogP contribution in [0.25, 0.3) is 0 Å². The molecule has 0 fully saturated rings. The molecule has 1 aromatic heterocycles.